The van der Waals surface area contributed by atoms with E-state index < -0.39 is 12.1 Å². The molecule has 1 aliphatic rings. The van der Waals surface area contributed by atoms with E-state index in [1.165, 1.54) is 0 Å². The minimum Gasteiger partial charge on any atom is -0.496 e. The Morgan fingerprint density at radius 2 is 1.91 bits per heavy atom. The summed E-state index contributed by atoms with van der Waals surface area (Å²) in [5.74, 6) is -0.0419. The van der Waals surface area contributed by atoms with Crippen LogP contribution in [0, 0.1) is 0 Å². The highest BCUT2D eigenvalue weighted by atomic mass is 16.5. The average molecular weight is 311 g/mol. The van der Waals surface area contributed by atoms with Gasteiger partial charge in [0, 0.05) is 5.56 Å². The molecule has 0 fully saturated rings. The predicted molar refractivity (Wildman–Crippen MR) is 86.2 cm³/mol. The summed E-state index contributed by atoms with van der Waals surface area (Å²) < 4.78 is 5.38. The first-order chi connectivity index (χ1) is 11.1. The third-order valence-corrected chi connectivity index (χ3v) is 3.80. The molecule has 2 aromatic rings. The molecule has 0 saturated heterocycles. The Balaban J connectivity index is 2.12. The largest absolute Gasteiger partial charge is 0.496 e. The lowest BCUT2D eigenvalue weighted by molar-refractivity contribution is -0.116. The van der Waals surface area contributed by atoms with Crippen LogP contribution in [0.15, 0.2) is 48.5 Å². The SMILES string of the molecule is COc1ccccc1[C@H]1NC(=O)c2ccccc2N1CC(N)=O. The summed E-state index contributed by atoms with van der Waals surface area (Å²) in [7, 11) is 1.57. The fourth-order valence-electron chi connectivity index (χ4n) is 2.82. The van der Waals surface area contributed by atoms with Gasteiger partial charge >= 0.3 is 0 Å². The summed E-state index contributed by atoms with van der Waals surface area (Å²) in [6.45, 7) is -0.0139. The number of carbonyl (C=O) groups is 2. The zero-order valence-corrected chi connectivity index (χ0v) is 12.7. The summed E-state index contributed by atoms with van der Waals surface area (Å²) in [5, 5.41) is 2.92. The number of primary amides is 1. The van der Waals surface area contributed by atoms with Crippen molar-refractivity contribution in [3.63, 3.8) is 0 Å². The first kappa shape index (κ1) is 14.9. The van der Waals surface area contributed by atoms with Gasteiger partial charge in [0.05, 0.1) is 24.9 Å². The summed E-state index contributed by atoms with van der Waals surface area (Å²) in [6.07, 6.45) is -0.527. The molecule has 118 valence electrons. The van der Waals surface area contributed by atoms with Crippen LogP contribution in [0.2, 0.25) is 0 Å². The summed E-state index contributed by atoms with van der Waals surface area (Å²) in [6, 6.07) is 14.5. The van der Waals surface area contributed by atoms with E-state index in [-0.39, 0.29) is 12.5 Å². The van der Waals surface area contributed by atoms with Gasteiger partial charge in [-0.3, -0.25) is 9.59 Å². The molecule has 0 unspecified atom stereocenters. The summed E-state index contributed by atoms with van der Waals surface area (Å²) >= 11 is 0. The number of hydrogen-bond donors (Lipinski definition) is 2. The maximum Gasteiger partial charge on any atom is 0.255 e. The van der Waals surface area contributed by atoms with Crippen LogP contribution < -0.4 is 20.7 Å². The van der Waals surface area contributed by atoms with Crippen molar-refractivity contribution in [3.8, 4) is 5.75 Å². The lowest BCUT2D eigenvalue weighted by Gasteiger charge is -2.38. The number of anilines is 1. The number of carbonyl (C=O) groups excluding carboxylic acids is 2. The van der Waals surface area contributed by atoms with Crippen molar-refractivity contribution in [2.45, 2.75) is 6.17 Å². The molecule has 0 aliphatic carbocycles. The van der Waals surface area contributed by atoms with Crippen molar-refractivity contribution in [3.05, 3.63) is 59.7 Å². The maximum absolute atomic E-state index is 12.4. The molecule has 6 nitrogen and oxygen atoms in total. The van der Waals surface area contributed by atoms with Gasteiger partial charge < -0.3 is 20.7 Å². The molecule has 6 heteroatoms. The van der Waals surface area contributed by atoms with Gasteiger partial charge in [0.1, 0.15) is 11.9 Å². The van der Waals surface area contributed by atoms with E-state index in [0.717, 1.165) is 5.56 Å². The monoisotopic (exact) mass is 311 g/mol. The average Bonchev–Trinajstić information content (AvgIpc) is 2.57. The number of methoxy groups -OCH3 is 1. The molecule has 1 atom stereocenters. The van der Waals surface area contributed by atoms with E-state index in [1.54, 1.807) is 30.2 Å². The van der Waals surface area contributed by atoms with E-state index >= 15 is 0 Å². The number of amides is 2. The molecule has 1 aliphatic heterocycles. The normalized spacial score (nSPS) is 16.5. The molecule has 0 aromatic heterocycles. The molecule has 0 radical (unpaired) electrons. The van der Waals surface area contributed by atoms with Gasteiger partial charge in [-0.05, 0) is 18.2 Å². The highest BCUT2D eigenvalue weighted by molar-refractivity contribution is 6.02. The van der Waals surface area contributed by atoms with Gasteiger partial charge in [-0.2, -0.15) is 0 Å². The number of nitrogens with one attached hydrogen (secondary N) is 1. The van der Waals surface area contributed by atoms with Gasteiger partial charge in [-0.15, -0.1) is 0 Å². The number of para-hydroxylation sites is 2. The smallest absolute Gasteiger partial charge is 0.255 e. The first-order valence-corrected chi connectivity index (χ1v) is 7.19. The lowest BCUT2D eigenvalue weighted by atomic mass is 10.0. The third-order valence-electron chi connectivity index (χ3n) is 3.80. The van der Waals surface area contributed by atoms with Crippen molar-refractivity contribution < 1.29 is 14.3 Å². The van der Waals surface area contributed by atoms with Gasteiger partial charge in [0.15, 0.2) is 0 Å². The molecule has 0 saturated carbocycles. The van der Waals surface area contributed by atoms with Crippen LogP contribution in [-0.4, -0.2) is 25.5 Å². The molecule has 23 heavy (non-hydrogen) atoms. The van der Waals surface area contributed by atoms with Crippen molar-refractivity contribution in [1.29, 1.82) is 0 Å². The number of hydrogen-bond acceptors (Lipinski definition) is 4. The fraction of sp³-hybridized carbons (Fsp3) is 0.176. The van der Waals surface area contributed by atoms with E-state index in [2.05, 4.69) is 5.32 Å². The third kappa shape index (κ3) is 2.70. The van der Waals surface area contributed by atoms with Crippen molar-refractivity contribution >= 4 is 17.5 Å². The summed E-state index contributed by atoms with van der Waals surface area (Å²) in [4.78, 5) is 25.7. The molecular formula is C17H17N3O3. The zero-order chi connectivity index (χ0) is 16.4. The molecule has 3 rings (SSSR count). The van der Waals surface area contributed by atoms with Crippen molar-refractivity contribution in [1.82, 2.24) is 5.32 Å². The number of nitrogens with two attached hydrogens (primary N) is 1. The summed E-state index contributed by atoms with van der Waals surface area (Å²) in [5.41, 5.74) is 7.35. The number of benzene rings is 2. The molecular weight excluding hydrogens is 294 g/mol. The van der Waals surface area contributed by atoms with E-state index in [0.29, 0.717) is 17.0 Å². The van der Waals surface area contributed by atoms with Crippen LogP contribution in [0.25, 0.3) is 0 Å². The van der Waals surface area contributed by atoms with E-state index in [9.17, 15) is 9.59 Å². The van der Waals surface area contributed by atoms with Gasteiger partial charge in [0.2, 0.25) is 5.91 Å². The number of fused-ring (bicyclic) bond motifs is 1. The second-order valence-electron chi connectivity index (χ2n) is 5.23. The van der Waals surface area contributed by atoms with Crippen molar-refractivity contribution in [2.75, 3.05) is 18.6 Å². The van der Waals surface area contributed by atoms with Crippen LogP contribution in [0.5, 0.6) is 5.75 Å². The Morgan fingerprint density at radius 1 is 1.22 bits per heavy atom. The molecule has 0 spiro atoms. The molecule has 2 amide bonds. The van der Waals surface area contributed by atoms with Gasteiger partial charge in [-0.1, -0.05) is 30.3 Å². The lowest BCUT2D eigenvalue weighted by Crippen LogP contribution is -2.49. The molecule has 0 bridgehead atoms. The highest BCUT2D eigenvalue weighted by Crippen LogP contribution is 2.35. The highest BCUT2D eigenvalue weighted by Gasteiger charge is 2.33. The predicted octanol–water partition coefficient (Wildman–Crippen LogP) is 1.43. The Hall–Kier alpha value is -3.02. The van der Waals surface area contributed by atoms with Crippen molar-refractivity contribution in [2.24, 2.45) is 5.73 Å². The zero-order valence-electron chi connectivity index (χ0n) is 12.7. The van der Waals surface area contributed by atoms with Crippen LogP contribution in [-0.2, 0) is 4.79 Å². The Morgan fingerprint density at radius 3 is 2.65 bits per heavy atom. The Bertz CT molecular complexity index is 760. The van der Waals surface area contributed by atoms with Crippen LogP contribution in [0.4, 0.5) is 5.69 Å². The molecule has 2 aromatic carbocycles. The quantitative estimate of drug-likeness (QED) is 0.894. The van der Waals surface area contributed by atoms with E-state index in [1.807, 2.05) is 30.3 Å². The minimum atomic E-state index is -0.527. The second-order valence-corrected chi connectivity index (χ2v) is 5.23. The molecule has 1 heterocycles. The maximum atomic E-state index is 12.4. The van der Waals surface area contributed by atoms with Gasteiger partial charge in [-0.25, -0.2) is 0 Å². The Labute approximate surface area is 133 Å². The number of nitrogens with zero attached hydrogens (tertiary/aromatic N) is 1. The number of rotatable bonds is 4. The van der Waals surface area contributed by atoms with E-state index in [4.69, 9.17) is 10.5 Å². The minimum absolute atomic E-state index is 0.0139. The first-order valence-electron chi connectivity index (χ1n) is 7.19. The topological polar surface area (TPSA) is 84.7 Å². The second kappa shape index (κ2) is 6.00. The van der Waals surface area contributed by atoms with Crippen LogP contribution in [0.3, 0.4) is 0 Å². The molecule has 3 N–H and O–H groups in total. The Kier molecular flexibility index (Phi) is 3.89. The van der Waals surface area contributed by atoms with Crippen LogP contribution >= 0.6 is 0 Å². The van der Waals surface area contributed by atoms with Gasteiger partial charge in [0.25, 0.3) is 5.91 Å². The number of ether oxygens (including phenoxy) is 1. The van der Waals surface area contributed by atoms with Crippen LogP contribution in [0.1, 0.15) is 22.1 Å². The fourth-order valence-corrected chi connectivity index (χ4v) is 2.82. The standard InChI is InChI=1S/C17H17N3O3/c1-23-14-9-5-3-7-12(14)16-19-17(22)11-6-2-4-8-13(11)20(16)10-15(18)21/h2-9,16H,10H2,1H3,(H2,18,21)(H,19,22)/t16-/m0/s1.